The Balaban J connectivity index is 0.000000127. The minimum atomic E-state index is -0.444. The van der Waals surface area contributed by atoms with Gasteiger partial charge in [0, 0.05) is 184 Å². The number of aromatic nitrogens is 7. The molecular weight excluding hydrogens is 1710 g/mol. The fourth-order valence-electron chi connectivity index (χ4n) is 21.3. The maximum absolute atomic E-state index is 14.1. The van der Waals surface area contributed by atoms with Crippen LogP contribution in [0.15, 0.2) is 228 Å². The molecule has 6 saturated heterocycles. The number of pyridine rings is 3. The molecule has 1 N–H and O–H groups in total. The number of rotatable bonds is 22. The molecule has 3 spiro atoms. The molecule has 0 radical (unpaired) electrons. The fourth-order valence-corrected chi connectivity index (χ4v) is 22.2. The second-order valence-electron chi connectivity index (χ2n) is 38.2. The van der Waals surface area contributed by atoms with Gasteiger partial charge >= 0.3 is 0 Å². The number of carbonyl (C=O) groups excluding carboxylic acids is 5. The molecule has 135 heavy (non-hydrogen) atoms. The molecule has 3 atom stereocenters. The Bertz CT molecular complexity index is 6510. The first-order valence-corrected chi connectivity index (χ1v) is 48.6. The minimum Gasteiger partial charge on any atom is -0.475 e. The highest BCUT2D eigenvalue weighted by Crippen LogP contribution is 2.48. The van der Waals surface area contributed by atoms with Gasteiger partial charge in [-0.05, 0) is 218 Å². The number of aryl methyl sites for hydroxylation is 2. The van der Waals surface area contributed by atoms with Gasteiger partial charge in [-0.3, -0.25) is 63.3 Å². The van der Waals surface area contributed by atoms with Crippen molar-refractivity contribution >= 4 is 91.2 Å². The lowest BCUT2D eigenvalue weighted by Gasteiger charge is -2.29. The zero-order valence-corrected chi connectivity index (χ0v) is 78.8. The van der Waals surface area contributed by atoms with E-state index in [9.17, 15) is 24.0 Å². The van der Waals surface area contributed by atoms with Crippen molar-refractivity contribution in [2.45, 2.75) is 131 Å². The predicted molar refractivity (Wildman–Crippen MR) is 529 cm³/mol. The van der Waals surface area contributed by atoms with Gasteiger partial charge in [-0.1, -0.05) is 121 Å². The van der Waals surface area contributed by atoms with Crippen molar-refractivity contribution in [1.29, 1.82) is 0 Å². The molecule has 11 aliphatic rings. The van der Waals surface area contributed by atoms with Gasteiger partial charge in [0.15, 0.2) is 5.82 Å². The molecule has 27 heteroatoms. The molecule has 6 aromatic carbocycles. The van der Waals surface area contributed by atoms with Crippen molar-refractivity contribution in [3.63, 3.8) is 0 Å². The van der Waals surface area contributed by atoms with Crippen LogP contribution in [0.2, 0.25) is 0 Å². The highest BCUT2D eigenvalue weighted by atomic mass is 32.1. The first kappa shape index (κ1) is 89.5. The van der Waals surface area contributed by atoms with Gasteiger partial charge in [0.25, 0.3) is 0 Å². The van der Waals surface area contributed by atoms with Crippen molar-refractivity contribution in [2.24, 2.45) is 38.3 Å². The summed E-state index contributed by atoms with van der Waals surface area (Å²) in [5.74, 6) is 2.81. The van der Waals surface area contributed by atoms with Crippen molar-refractivity contribution in [3.8, 4) is 33.7 Å². The molecule has 1 unspecified atom stereocenters. The largest absolute Gasteiger partial charge is 0.475 e. The fraction of sp³-hybridized carbons (Fsp3) is 0.370. The summed E-state index contributed by atoms with van der Waals surface area (Å²) in [5, 5.41) is 9.79. The third kappa shape index (κ3) is 18.8. The molecule has 0 aliphatic carbocycles. The maximum Gasteiger partial charge on any atom is 0.237 e. The van der Waals surface area contributed by atoms with Crippen LogP contribution in [0.4, 0.5) is 22.1 Å². The van der Waals surface area contributed by atoms with Crippen LogP contribution in [0.5, 0.6) is 11.8 Å². The SMILES string of the molecule is CC(C)Oc1ccc(C2=NCc3ccc(N4CCC5(CCN(Cc6ccccc6)C5)C4=O)cc32)cn1.CCNc1cnc(-c2ccc(C3=CCN(C(=O)CN4CC[C@]5(CCN(c6ccc7c(c6)C(c6ccc(OC(C)C)nc6)=NC7)C5=O)C4)CC3)cc2)s1.Cc1cc(C2=NCc3ccc(N4CC[C@]5(CCN(CC(=O)N6CC=C(c7ccc(-c8ncn(C)n8)cc7)CC6)C5)C4=O)cc32)ccn1. The summed E-state index contributed by atoms with van der Waals surface area (Å²) in [7, 11) is 1.86. The predicted octanol–water partition coefficient (Wildman–Crippen LogP) is 15.6. The number of nitrogens with zero attached hydrogens (tertiary/aromatic N) is 18. The molecule has 690 valence electrons. The number of fused-ring (bicyclic) bond motifs is 3. The number of likely N-dealkylation sites (tertiary alicyclic amines) is 3. The molecule has 0 bridgehead atoms. The van der Waals surface area contributed by atoms with E-state index in [2.05, 4.69) is 203 Å². The van der Waals surface area contributed by atoms with Crippen LogP contribution in [0.1, 0.15) is 158 Å². The molecule has 5 amide bonds. The Morgan fingerprint density at radius 1 is 0.459 bits per heavy atom. The monoisotopic (exact) mass is 1820 g/mol. The van der Waals surface area contributed by atoms with Crippen molar-refractivity contribution in [3.05, 3.63) is 286 Å². The van der Waals surface area contributed by atoms with E-state index in [1.807, 2.05) is 127 Å². The number of anilines is 4. The molecule has 0 saturated carbocycles. The molecular formula is C108H115N19O7S. The first-order valence-electron chi connectivity index (χ1n) is 47.7. The Labute approximate surface area is 792 Å². The molecule has 22 rings (SSSR count). The number of nitrogens with one attached hydrogen (secondary N) is 1. The minimum absolute atomic E-state index is 0.0583. The molecule has 11 aliphatic heterocycles. The lowest BCUT2D eigenvalue weighted by atomic mass is 9.85. The number of carbonyl (C=O) groups is 5. The van der Waals surface area contributed by atoms with Crippen LogP contribution in [0.3, 0.4) is 0 Å². The summed E-state index contributed by atoms with van der Waals surface area (Å²) < 4.78 is 13.1. The van der Waals surface area contributed by atoms with Crippen LogP contribution in [-0.4, -0.2) is 223 Å². The summed E-state index contributed by atoms with van der Waals surface area (Å²) in [6, 6.07) is 58.2. The standard InChI is InChI=1S/C41H45N7O3S.C37H38N8O2.C30H32N4O2/c1-4-42-36-24-45-39(52-36)30-7-5-28(6-8-30)29-13-17-47(18-14-29)37(49)25-46-19-15-41(26-46)16-20-48(40(41)50)33-11-9-31-22-44-38(34(31)21-33)32-10-12-35(43-23-32)51-27(2)3;1-25-19-29(9-14-38-25)34-32-20-31(8-7-30(32)21-39-34)45-18-13-37(36(45)47)12-17-43(23-37)22-33(46)44-15-10-27(11-16-44)26-3-5-28(6-4-26)35-40-24-42(2)41-35;1-21(2)36-27-11-9-24(18-31-27)28-26-16-25(10-8-23(26)17-32-28)34-15-13-30(29(34)35)12-14-33(20-30)19-22-6-4-3-5-7-22/h5-13,21,23-24,27,42H,4,14-20,22,25-26H2,1-3H3;3-10,14,19-20,24H,11-13,15-18,21-23H2,1-2H3;3-11,16,18,21H,12-15,17,19-20H2,1-2H3/t41-;37-;/m00./s1. The first-order chi connectivity index (χ1) is 65.6. The number of hydrogen-bond donors (Lipinski definition) is 1. The van der Waals surface area contributed by atoms with Gasteiger partial charge in [0.2, 0.25) is 41.3 Å². The Hall–Kier alpha value is -13.3. The van der Waals surface area contributed by atoms with Gasteiger partial charge in [-0.15, -0.1) is 0 Å². The van der Waals surface area contributed by atoms with Crippen molar-refractivity contribution < 1.29 is 33.4 Å². The zero-order chi connectivity index (χ0) is 92.6. The second-order valence-corrected chi connectivity index (χ2v) is 39.3. The number of aliphatic imine (C=N–C) groups is 3. The second kappa shape index (κ2) is 38.2. The van der Waals surface area contributed by atoms with Crippen molar-refractivity contribution in [2.75, 3.05) is 125 Å². The topological polar surface area (TPSA) is 261 Å². The van der Waals surface area contributed by atoms with Crippen molar-refractivity contribution in [1.82, 2.24) is 59.2 Å². The molecule has 6 fully saturated rings. The quantitative estimate of drug-likeness (QED) is 0.0661. The van der Waals surface area contributed by atoms with Crippen LogP contribution >= 0.6 is 11.3 Å². The number of ether oxygens (including phenoxy) is 2. The summed E-state index contributed by atoms with van der Waals surface area (Å²) in [4.78, 5) is 122. The van der Waals surface area contributed by atoms with E-state index in [1.165, 1.54) is 39.0 Å². The van der Waals surface area contributed by atoms with Gasteiger partial charge in [0.1, 0.15) is 16.3 Å². The Kier molecular flexibility index (Phi) is 25.3. The lowest BCUT2D eigenvalue weighted by Crippen LogP contribution is -2.43. The molecule has 11 aromatic rings. The average Bonchev–Trinajstić information content (AvgIpc) is 1.61. The maximum atomic E-state index is 14.1. The third-order valence-corrected chi connectivity index (χ3v) is 29.5. The van der Waals surface area contributed by atoms with Gasteiger partial charge in [-0.25, -0.2) is 19.9 Å². The average molecular weight is 1820 g/mol. The number of thiazole rings is 1. The van der Waals surface area contributed by atoms with E-state index in [0.717, 1.165) is 197 Å². The van der Waals surface area contributed by atoms with E-state index >= 15 is 0 Å². The van der Waals surface area contributed by atoms with Crippen LogP contribution in [0.25, 0.3) is 33.1 Å². The molecule has 26 nitrogen and oxygen atoms in total. The highest BCUT2D eigenvalue weighted by molar-refractivity contribution is 7.18. The summed E-state index contributed by atoms with van der Waals surface area (Å²) >= 11 is 1.66. The zero-order valence-electron chi connectivity index (χ0n) is 78.0. The van der Waals surface area contributed by atoms with Gasteiger partial charge < -0.3 is 39.3 Å². The Morgan fingerprint density at radius 2 is 0.904 bits per heavy atom. The van der Waals surface area contributed by atoms with Crippen LogP contribution in [-0.2, 0) is 57.2 Å². The smallest absolute Gasteiger partial charge is 0.237 e. The van der Waals surface area contributed by atoms with Crippen LogP contribution in [0, 0.1) is 23.2 Å². The van der Waals surface area contributed by atoms with E-state index in [4.69, 9.17) is 24.5 Å². The normalized spacial score (nSPS) is 20.8. The summed E-state index contributed by atoms with van der Waals surface area (Å²) in [5.41, 5.74) is 23.5. The molecule has 16 heterocycles. The highest BCUT2D eigenvalue weighted by Gasteiger charge is 2.54. The van der Waals surface area contributed by atoms with E-state index < -0.39 is 10.8 Å². The van der Waals surface area contributed by atoms with E-state index in [0.29, 0.717) is 103 Å². The van der Waals surface area contributed by atoms with Crippen LogP contribution < -0.4 is 29.5 Å². The summed E-state index contributed by atoms with van der Waals surface area (Å²) in [6.07, 6.45) is 20.2. The van der Waals surface area contributed by atoms with Gasteiger partial charge in [-0.2, -0.15) is 5.10 Å². The number of hydrogen-bond acceptors (Lipinski definition) is 21. The van der Waals surface area contributed by atoms with Gasteiger partial charge in [0.05, 0.1) is 84.5 Å². The van der Waals surface area contributed by atoms with E-state index in [-0.39, 0.29) is 47.2 Å². The lowest BCUT2D eigenvalue weighted by molar-refractivity contribution is -0.133. The van der Waals surface area contributed by atoms with E-state index in [1.54, 1.807) is 22.3 Å². The molecule has 5 aromatic heterocycles. The number of amides is 5. The third-order valence-electron chi connectivity index (χ3n) is 28.5. The number of benzene rings is 6. The Morgan fingerprint density at radius 3 is 1.33 bits per heavy atom. The summed E-state index contributed by atoms with van der Waals surface area (Å²) in [6.45, 7) is 25.8.